The molecule has 106 valence electrons. The minimum atomic E-state index is -0.994. The number of ether oxygens (including phenoxy) is 2. The molecule has 20 heavy (non-hydrogen) atoms. The van der Waals surface area contributed by atoms with E-state index < -0.39 is 5.97 Å². The van der Waals surface area contributed by atoms with E-state index in [0.717, 1.165) is 12.0 Å². The van der Waals surface area contributed by atoms with Gasteiger partial charge in [-0.25, -0.2) is 4.79 Å². The van der Waals surface area contributed by atoms with E-state index in [4.69, 9.17) is 14.6 Å². The smallest absolute Gasteiger partial charge is 0.339 e. The highest BCUT2D eigenvalue weighted by Crippen LogP contribution is 2.20. The van der Waals surface area contributed by atoms with Crippen molar-refractivity contribution in [3.05, 3.63) is 51.7 Å². The summed E-state index contributed by atoms with van der Waals surface area (Å²) in [7, 11) is 1.46. The van der Waals surface area contributed by atoms with Gasteiger partial charge in [-0.3, -0.25) is 0 Å². The van der Waals surface area contributed by atoms with E-state index in [1.54, 1.807) is 29.5 Å². The third kappa shape index (κ3) is 3.82. The average molecular weight is 292 g/mol. The van der Waals surface area contributed by atoms with Crippen LogP contribution >= 0.6 is 11.3 Å². The fraction of sp³-hybridized carbons (Fsp3) is 0.267. The molecule has 2 rings (SSSR count). The Bertz CT molecular complexity index is 563. The van der Waals surface area contributed by atoms with Crippen molar-refractivity contribution in [2.45, 2.75) is 13.0 Å². The maximum Gasteiger partial charge on any atom is 0.339 e. The number of hydrogen-bond donors (Lipinski definition) is 1. The second-order valence-corrected chi connectivity index (χ2v) is 5.25. The minimum Gasteiger partial charge on any atom is -0.496 e. The molecule has 0 atom stereocenters. The summed E-state index contributed by atoms with van der Waals surface area (Å²) in [5.41, 5.74) is 1.06. The molecule has 0 radical (unpaired) electrons. The molecule has 0 aliphatic rings. The van der Waals surface area contributed by atoms with Crippen molar-refractivity contribution in [3.63, 3.8) is 0 Å². The Labute approximate surface area is 121 Å². The maximum atomic E-state index is 11.0. The molecule has 0 saturated carbocycles. The van der Waals surface area contributed by atoms with Crippen LogP contribution in [0.15, 0.2) is 35.7 Å². The van der Waals surface area contributed by atoms with Gasteiger partial charge in [0, 0.05) is 11.3 Å². The maximum absolute atomic E-state index is 11.0. The topological polar surface area (TPSA) is 55.8 Å². The number of rotatable bonds is 7. The molecule has 5 heteroatoms. The molecule has 1 heterocycles. The van der Waals surface area contributed by atoms with E-state index in [1.807, 2.05) is 11.4 Å². The second kappa shape index (κ2) is 7.07. The molecule has 1 N–H and O–H groups in total. The molecule has 1 aromatic heterocycles. The van der Waals surface area contributed by atoms with Gasteiger partial charge in [0.1, 0.15) is 11.3 Å². The summed E-state index contributed by atoms with van der Waals surface area (Å²) in [5, 5.41) is 11.0. The van der Waals surface area contributed by atoms with Gasteiger partial charge in [0.15, 0.2) is 0 Å². The number of carboxylic acid groups (broad SMARTS) is 1. The molecular weight excluding hydrogens is 276 g/mol. The van der Waals surface area contributed by atoms with Crippen LogP contribution in [0.25, 0.3) is 0 Å². The van der Waals surface area contributed by atoms with E-state index >= 15 is 0 Å². The summed E-state index contributed by atoms with van der Waals surface area (Å²) in [6.07, 6.45) is 0.891. The number of benzene rings is 1. The number of carbonyl (C=O) groups is 1. The SMILES string of the molecule is COc1cc(COCCc2cccs2)ccc1C(=O)O. The molecule has 0 aliphatic heterocycles. The normalized spacial score (nSPS) is 10.4. The van der Waals surface area contributed by atoms with Crippen molar-refractivity contribution in [3.8, 4) is 5.75 Å². The lowest BCUT2D eigenvalue weighted by Gasteiger charge is -2.08. The van der Waals surface area contributed by atoms with Gasteiger partial charge >= 0.3 is 5.97 Å². The molecule has 0 saturated heterocycles. The first-order valence-electron chi connectivity index (χ1n) is 6.21. The molecule has 0 aliphatic carbocycles. The highest BCUT2D eigenvalue weighted by atomic mass is 32.1. The van der Waals surface area contributed by atoms with Crippen molar-refractivity contribution in [2.24, 2.45) is 0 Å². The third-order valence-electron chi connectivity index (χ3n) is 2.84. The number of carboxylic acids is 1. The Hall–Kier alpha value is -1.85. The van der Waals surface area contributed by atoms with Crippen LogP contribution in [0.4, 0.5) is 0 Å². The fourth-order valence-corrected chi connectivity index (χ4v) is 2.51. The molecule has 0 bridgehead atoms. The molecule has 1 aromatic carbocycles. The summed E-state index contributed by atoms with van der Waals surface area (Å²) in [5.74, 6) is -0.635. The van der Waals surface area contributed by atoms with Crippen LogP contribution < -0.4 is 4.74 Å². The summed E-state index contributed by atoms with van der Waals surface area (Å²) >= 11 is 1.72. The van der Waals surface area contributed by atoms with Crippen LogP contribution in [-0.4, -0.2) is 24.8 Å². The number of hydrogen-bond acceptors (Lipinski definition) is 4. The molecule has 0 unspecified atom stereocenters. The van der Waals surface area contributed by atoms with Crippen molar-refractivity contribution < 1.29 is 19.4 Å². The highest BCUT2D eigenvalue weighted by molar-refractivity contribution is 7.09. The second-order valence-electron chi connectivity index (χ2n) is 4.22. The standard InChI is InChI=1S/C15H16O4S/c1-18-14-9-11(4-5-13(14)15(16)17)10-19-7-6-12-3-2-8-20-12/h2-5,8-9H,6-7,10H2,1H3,(H,16,17). The lowest BCUT2D eigenvalue weighted by atomic mass is 10.1. The van der Waals surface area contributed by atoms with Gasteiger partial charge in [-0.05, 0) is 29.1 Å². The van der Waals surface area contributed by atoms with Gasteiger partial charge in [-0.2, -0.15) is 0 Å². The minimum absolute atomic E-state index is 0.162. The van der Waals surface area contributed by atoms with E-state index in [1.165, 1.54) is 12.0 Å². The van der Waals surface area contributed by atoms with Crippen LogP contribution in [-0.2, 0) is 17.8 Å². The van der Waals surface area contributed by atoms with Gasteiger partial charge < -0.3 is 14.6 Å². The number of methoxy groups -OCH3 is 1. The Balaban J connectivity index is 1.88. The molecule has 0 amide bonds. The van der Waals surface area contributed by atoms with Crippen LogP contribution in [0.3, 0.4) is 0 Å². The summed E-state index contributed by atoms with van der Waals surface area (Å²) in [6.45, 7) is 1.09. The number of thiophene rings is 1. The summed E-state index contributed by atoms with van der Waals surface area (Å²) in [4.78, 5) is 12.3. The van der Waals surface area contributed by atoms with Crippen molar-refractivity contribution in [2.75, 3.05) is 13.7 Å². The predicted octanol–water partition coefficient (Wildman–Crippen LogP) is 3.21. The van der Waals surface area contributed by atoms with Crippen LogP contribution in [0, 0.1) is 0 Å². The third-order valence-corrected chi connectivity index (χ3v) is 3.77. The molecule has 0 spiro atoms. The molecule has 0 fully saturated rings. The molecule has 2 aromatic rings. The van der Waals surface area contributed by atoms with Crippen molar-refractivity contribution >= 4 is 17.3 Å². The van der Waals surface area contributed by atoms with Crippen LogP contribution in [0.5, 0.6) is 5.75 Å². The van der Waals surface area contributed by atoms with Crippen LogP contribution in [0.2, 0.25) is 0 Å². The van der Waals surface area contributed by atoms with E-state index in [2.05, 4.69) is 6.07 Å². The van der Waals surface area contributed by atoms with Gasteiger partial charge in [0.25, 0.3) is 0 Å². The first kappa shape index (κ1) is 14.6. The fourth-order valence-electron chi connectivity index (χ4n) is 1.82. The Morgan fingerprint density at radius 1 is 1.35 bits per heavy atom. The Morgan fingerprint density at radius 3 is 2.85 bits per heavy atom. The van der Waals surface area contributed by atoms with E-state index in [-0.39, 0.29) is 5.56 Å². The quantitative estimate of drug-likeness (QED) is 0.796. The predicted molar refractivity (Wildman–Crippen MR) is 77.6 cm³/mol. The van der Waals surface area contributed by atoms with Crippen LogP contribution in [0.1, 0.15) is 20.8 Å². The van der Waals surface area contributed by atoms with Gasteiger partial charge in [0.05, 0.1) is 20.3 Å². The summed E-state index contributed by atoms with van der Waals surface area (Å²) in [6, 6.07) is 9.10. The average Bonchev–Trinajstić information content (AvgIpc) is 2.96. The zero-order valence-electron chi connectivity index (χ0n) is 11.2. The monoisotopic (exact) mass is 292 g/mol. The van der Waals surface area contributed by atoms with E-state index in [0.29, 0.717) is 19.0 Å². The van der Waals surface area contributed by atoms with E-state index in [9.17, 15) is 4.79 Å². The first-order chi connectivity index (χ1) is 9.70. The molecule has 4 nitrogen and oxygen atoms in total. The Kier molecular flexibility index (Phi) is 5.15. The largest absolute Gasteiger partial charge is 0.496 e. The van der Waals surface area contributed by atoms with Crippen molar-refractivity contribution in [1.82, 2.24) is 0 Å². The lowest BCUT2D eigenvalue weighted by molar-refractivity contribution is 0.0693. The zero-order valence-corrected chi connectivity index (χ0v) is 12.0. The number of aromatic carboxylic acids is 1. The van der Waals surface area contributed by atoms with Gasteiger partial charge in [0.2, 0.25) is 0 Å². The summed E-state index contributed by atoms with van der Waals surface area (Å²) < 4.78 is 10.7. The first-order valence-corrected chi connectivity index (χ1v) is 7.09. The van der Waals surface area contributed by atoms with Gasteiger partial charge in [-0.15, -0.1) is 11.3 Å². The zero-order chi connectivity index (χ0) is 14.4. The molecular formula is C15H16O4S. The lowest BCUT2D eigenvalue weighted by Crippen LogP contribution is -2.03. The van der Waals surface area contributed by atoms with Gasteiger partial charge in [-0.1, -0.05) is 12.1 Å². The van der Waals surface area contributed by atoms with Crippen molar-refractivity contribution in [1.29, 1.82) is 0 Å². The Morgan fingerprint density at radius 2 is 2.20 bits per heavy atom. The highest BCUT2D eigenvalue weighted by Gasteiger charge is 2.11.